The molecule has 0 N–H and O–H groups in total. The van der Waals surface area contributed by atoms with Crippen LogP contribution in [0.5, 0.6) is 0 Å². The van der Waals surface area contributed by atoms with Crippen molar-refractivity contribution in [3.8, 4) is 0 Å². The van der Waals surface area contributed by atoms with Crippen LogP contribution >= 0.6 is 0 Å². The summed E-state index contributed by atoms with van der Waals surface area (Å²) in [4.78, 5) is 14.7. The van der Waals surface area contributed by atoms with E-state index in [1.54, 1.807) is 4.90 Å². The van der Waals surface area contributed by atoms with Gasteiger partial charge in [-0.2, -0.15) is 0 Å². The number of hydrogen-bond acceptors (Lipinski definition) is 3. The van der Waals surface area contributed by atoms with Gasteiger partial charge in [-0.1, -0.05) is 50.3 Å². The predicted molar refractivity (Wildman–Crippen MR) is 114 cm³/mol. The molecule has 1 aromatic rings. The smallest absolute Gasteiger partial charge is 0.410 e. The average molecular weight is 388 g/mol. The maximum Gasteiger partial charge on any atom is 0.410 e. The van der Waals surface area contributed by atoms with Gasteiger partial charge in [-0.05, 0) is 64.5 Å². The Morgan fingerprint density at radius 2 is 1.82 bits per heavy atom. The van der Waals surface area contributed by atoms with Gasteiger partial charge in [0, 0.05) is 12.1 Å². The quantitative estimate of drug-likeness (QED) is 0.533. The van der Waals surface area contributed by atoms with Gasteiger partial charge in [0.2, 0.25) is 0 Å². The number of carbonyl (C=O) groups is 1. The SMILES string of the molecule is C=C1C[C@H](CCC)O[C@H](CCc2ccccc2)[C@@H]1OC(=O)N(C(C)C)C(C)C. The van der Waals surface area contributed by atoms with Crippen molar-refractivity contribution in [2.24, 2.45) is 0 Å². The summed E-state index contributed by atoms with van der Waals surface area (Å²) in [6.07, 6.45) is 3.89. The van der Waals surface area contributed by atoms with Crippen molar-refractivity contribution >= 4 is 6.09 Å². The fraction of sp³-hybridized carbons (Fsp3) is 0.625. The molecule has 0 bridgehead atoms. The van der Waals surface area contributed by atoms with E-state index in [2.05, 4.69) is 37.8 Å². The van der Waals surface area contributed by atoms with Crippen molar-refractivity contribution in [1.82, 2.24) is 4.90 Å². The summed E-state index contributed by atoms with van der Waals surface area (Å²) in [6.45, 7) is 14.5. The molecule has 2 rings (SSSR count). The summed E-state index contributed by atoms with van der Waals surface area (Å²) >= 11 is 0. The topological polar surface area (TPSA) is 38.8 Å². The van der Waals surface area contributed by atoms with Gasteiger partial charge in [-0.25, -0.2) is 4.79 Å². The molecule has 0 spiro atoms. The minimum Gasteiger partial charge on any atom is -0.439 e. The number of nitrogens with zero attached hydrogens (tertiary/aromatic N) is 1. The third-order valence-corrected chi connectivity index (χ3v) is 5.32. The number of aryl methyl sites for hydroxylation is 1. The van der Waals surface area contributed by atoms with Crippen LogP contribution in [0.2, 0.25) is 0 Å². The highest BCUT2D eigenvalue weighted by atomic mass is 16.6. The Morgan fingerprint density at radius 3 is 2.39 bits per heavy atom. The molecule has 0 saturated carbocycles. The second-order valence-corrected chi connectivity index (χ2v) is 8.37. The highest BCUT2D eigenvalue weighted by molar-refractivity contribution is 5.69. The van der Waals surface area contributed by atoms with E-state index in [9.17, 15) is 4.79 Å². The van der Waals surface area contributed by atoms with E-state index in [0.29, 0.717) is 0 Å². The van der Waals surface area contributed by atoms with Crippen LogP contribution in [0.25, 0.3) is 0 Å². The van der Waals surface area contributed by atoms with Gasteiger partial charge >= 0.3 is 6.09 Å². The molecule has 4 heteroatoms. The number of hydrogen-bond donors (Lipinski definition) is 0. The first-order valence-electron chi connectivity index (χ1n) is 10.7. The lowest BCUT2D eigenvalue weighted by Crippen LogP contribution is -2.48. The molecule has 3 atom stereocenters. The minimum absolute atomic E-state index is 0.0842. The van der Waals surface area contributed by atoms with E-state index < -0.39 is 0 Å². The van der Waals surface area contributed by atoms with E-state index in [-0.39, 0.29) is 36.5 Å². The Hall–Kier alpha value is -1.81. The Balaban J connectivity index is 2.12. The molecule has 0 radical (unpaired) electrons. The molecule has 4 nitrogen and oxygen atoms in total. The van der Waals surface area contributed by atoms with Gasteiger partial charge in [0.25, 0.3) is 0 Å². The molecule has 1 heterocycles. The monoisotopic (exact) mass is 387 g/mol. The van der Waals surface area contributed by atoms with Crippen LogP contribution in [0.4, 0.5) is 4.79 Å². The molecule has 0 aliphatic carbocycles. The first-order valence-corrected chi connectivity index (χ1v) is 10.7. The van der Waals surface area contributed by atoms with Crippen LogP contribution in [0, 0.1) is 0 Å². The van der Waals surface area contributed by atoms with E-state index >= 15 is 0 Å². The fourth-order valence-electron chi connectivity index (χ4n) is 4.05. The zero-order valence-corrected chi connectivity index (χ0v) is 18.2. The number of carbonyl (C=O) groups excluding carboxylic acids is 1. The fourth-order valence-corrected chi connectivity index (χ4v) is 4.05. The molecular formula is C24H37NO3. The summed E-state index contributed by atoms with van der Waals surface area (Å²) in [5.41, 5.74) is 2.24. The Labute approximate surface area is 170 Å². The largest absolute Gasteiger partial charge is 0.439 e. The van der Waals surface area contributed by atoms with Gasteiger partial charge in [0.1, 0.15) is 0 Å². The molecule has 28 heavy (non-hydrogen) atoms. The average Bonchev–Trinajstić information content (AvgIpc) is 2.63. The molecule has 1 amide bonds. The van der Waals surface area contributed by atoms with Gasteiger partial charge in [0.15, 0.2) is 6.10 Å². The first kappa shape index (κ1) is 22.5. The van der Waals surface area contributed by atoms with Crippen molar-refractivity contribution < 1.29 is 14.3 Å². The second kappa shape index (κ2) is 10.7. The van der Waals surface area contributed by atoms with Gasteiger partial charge in [0.05, 0.1) is 12.2 Å². The first-order chi connectivity index (χ1) is 13.3. The Bertz CT molecular complexity index is 618. The number of benzene rings is 1. The molecule has 156 valence electrons. The van der Waals surface area contributed by atoms with Crippen LogP contribution in [0.15, 0.2) is 42.5 Å². The zero-order valence-electron chi connectivity index (χ0n) is 18.2. The summed E-state index contributed by atoms with van der Waals surface area (Å²) < 4.78 is 12.4. The van der Waals surface area contributed by atoms with E-state index in [1.165, 1.54) is 5.56 Å². The third kappa shape index (κ3) is 6.10. The molecule has 0 aromatic heterocycles. The van der Waals surface area contributed by atoms with E-state index in [0.717, 1.165) is 37.7 Å². The Kier molecular flexibility index (Phi) is 8.56. The van der Waals surface area contributed by atoms with Crippen molar-refractivity contribution in [3.05, 3.63) is 48.0 Å². The molecule has 1 saturated heterocycles. The lowest BCUT2D eigenvalue weighted by atomic mass is 9.91. The minimum atomic E-state index is -0.385. The van der Waals surface area contributed by atoms with Gasteiger partial charge in [-0.3, -0.25) is 0 Å². The highest BCUT2D eigenvalue weighted by Gasteiger charge is 2.37. The summed E-state index contributed by atoms with van der Waals surface area (Å²) in [5.74, 6) is 0. The predicted octanol–water partition coefficient (Wildman–Crippen LogP) is 5.76. The zero-order chi connectivity index (χ0) is 20.7. The Morgan fingerprint density at radius 1 is 1.18 bits per heavy atom. The van der Waals surface area contributed by atoms with Crippen LogP contribution in [-0.2, 0) is 15.9 Å². The maximum atomic E-state index is 12.9. The summed E-state index contributed by atoms with van der Waals surface area (Å²) in [5, 5.41) is 0. The number of ether oxygens (including phenoxy) is 2. The van der Waals surface area contributed by atoms with E-state index in [1.807, 2.05) is 33.8 Å². The molecule has 1 aliphatic heterocycles. The van der Waals surface area contributed by atoms with E-state index in [4.69, 9.17) is 9.47 Å². The van der Waals surface area contributed by atoms with Crippen molar-refractivity contribution in [1.29, 1.82) is 0 Å². The normalized spacial score (nSPS) is 22.5. The summed E-state index contributed by atoms with van der Waals surface area (Å²) in [7, 11) is 0. The van der Waals surface area contributed by atoms with Crippen molar-refractivity contribution in [2.45, 2.75) is 97.1 Å². The van der Waals surface area contributed by atoms with Crippen LogP contribution < -0.4 is 0 Å². The third-order valence-electron chi connectivity index (χ3n) is 5.32. The number of rotatable bonds is 8. The van der Waals surface area contributed by atoms with Crippen LogP contribution in [0.1, 0.15) is 65.9 Å². The highest BCUT2D eigenvalue weighted by Crippen LogP contribution is 2.31. The molecule has 0 unspecified atom stereocenters. The standard InChI is InChI=1S/C24H37NO3/c1-7-11-21-16-19(6)23(28-24(26)25(17(2)3)18(4)5)22(27-21)15-14-20-12-9-8-10-13-20/h8-10,12-13,17-18,21-23H,6-7,11,14-16H2,1-5H3/t21-,22+,23+/m0/s1. The maximum absolute atomic E-state index is 12.9. The molecule has 1 fully saturated rings. The van der Waals surface area contributed by atoms with Crippen LogP contribution in [0.3, 0.4) is 0 Å². The molecular weight excluding hydrogens is 350 g/mol. The van der Waals surface area contributed by atoms with Crippen molar-refractivity contribution in [3.63, 3.8) is 0 Å². The number of amides is 1. The lowest BCUT2D eigenvalue weighted by Gasteiger charge is -2.39. The molecule has 1 aliphatic rings. The summed E-state index contributed by atoms with van der Waals surface area (Å²) in [6, 6.07) is 10.5. The van der Waals surface area contributed by atoms with Crippen LogP contribution in [-0.4, -0.2) is 41.4 Å². The molecule has 1 aromatic carbocycles. The van der Waals surface area contributed by atoms with Gasteiger partial charge in [-0.15, -0.1) is 0 Å². The second-order valence-electron chi connectivity index (χ2n) is 8.37. The lowest BCUT2D eigenvalue weighted by molar-refractivity contribution is -0.104. The van der Waals surface area contributed by atoms with Crippen molar-refractivity contribution in [2.75, 3.05) is 0 Å². The van der Waals surface area contributed by atoms with Gasteiger partial charge < -0.3 is 14.4 Å².